The Labute approximate surface area is 130 Å². The molecule has 0 bridgehead atoms. The van der Waals surface area contributed by atoms with Gasteiger partial charge in [-0.25, -0.2) is 13.1 Å². The highest BCUT2D eigenvalue weighted by atomic mass is 35.5. The van der Waals surface area contributed by atoms with E-state index in [1.54, 1.807) is 6.92 Å². The maximum atomic E-state index is 12.3. The number of nitrogen functional groups attached to an aromatic ring is 1. The van der Waals surface area contributed by atoms with Gasteiger partial charge in [0.2, 0.25) is 10.0 Å². The van der Waals surface area contributed by atoms with Crippen LogP contribution in [0.5, 0.6) is 0 Å². The lowest BCUT2D eigenvalue weighted by molar-refractivity contribution is 0.567. The highest BCUT2D eigenvalue weighted by Crippen LogP contribution is 2.23. The van der Waals surface area contributed by atoms with Gasteiger partial charge in [-0.1, -0.05) is 41.4 Å². The average Bonchev–Trinajstić information content (AvgIpc) is 2.42. The van der Waals surface area contributed by atoms with Crippen LogP contribution in [0.1, 0.15) is 24.1 Å². The van der Waals surface area contributed by atoms with Crippen LogP contribution < -0.4 is 10.5 Å². The molecule has 112 valence electrons. The number of nitrogens with one attached hydrogen (secondary N) is 1. The van der Waals surface area contributed by atoms with Gasteiger partial charge in [0.25, 0.3) is 0 Å². The Kier molecular flexibility index (Phi) is 4.56. The van der Waals surface area contributed by atoms with Crippen LogP contribution in [0, 0.1) is 6.92 Å². The molecular weight excluding hydrogens is 308 g/mol. The summed E-state index contributed by atoms with van der Waals surface area (Å²) < 4.78 is 27.3. The van der Waals surface area contributed by atoms with E-state index in [2.05, 4.69) is 4.72 Å². The number of anilines is 1. The average molecular weight is 325 g/mol. The quantitative estimate of drug-likeness (QED) is 0.848. The van der Waals surface area contributed by atoms with Crippen LogP contribution >= 0.6 is 11.6 Å². The summed E-state index contributed by atoms with van der Waals surface area (Å²) in [5.41, 5.74) is 7.91. The molecule has 4 nitrogen and oxygen atoms in total. The summed E-state index contributed by atoms with van der Waals surface area (Å²) in [6.45, 7) is 3.77. The molecule has 0 aliphatic rings. The Hall–Kier alpha value is -1.56. The summed E-state index contributed by atoms with van der Waals surface area (Å²) in [4.78, 5) is 0.100. The molecule has 6 heteroatoms. The Bertz CT molecular complexity index is 743. The monoisotopic (exact) mass is 324 g/mol. The summed E-state index contributed by atoms with van der Waals surface area (Å²) in [5.74, 6) is 0. The third kappa shape index (κ3) is 3.75. The molecule has 21 heavy (non-hydrogen) atoms. The van der Waals surface area contributed by atoms with Crippen molar-refractivity contribution in [1.29, 1.82) is 0 Å². The number of halogens is 1. The molecule has 0 aromatic heterocycles. The number of hydrogen-bond acceptors (Lipinski definition) is 3. The first-order chi connectivity index (χ1) is 9.79. The smallest absolute Gasteiger partial charge is 0.241 e. The minimum atomic E-state index is -3.65. The Balaban J connectivity index is 2.24. The van der Waals surface area contributed by atoms with Gasteiger partial charge in [0.1, 0.15) is 0 Å². The molecule has 3 N–H and O–H groups in total. The van der Waals surface area contributed by atoms with E-state index in [-0.39, 0.29) is 16.6 Å². The van der Waals surface area contributed by atoms with Gasteiger partial charge in [-0.2, -0.15) is 0 Å². The number of sulfonamides is 1. The number of benzene rings is 2. The van der Waals surface area contributed by atoms with Crippen molar-refractivity contribution < 1.29 is 8.42 Å². The standard InChI is InChI=1S/C15H17ClN2O2S/c1-10-3-5-12(6-4-10)11(2)18-21(19,20)13-7-8-14(16)15(17)9-13/h3-9,11,18H,17H2,1-2H3. The summed E-state index contributed by atoms with van der Waals surface area (Å²) in [7, 11) is -3.65. The van der Waals surface area contributed by atoms with Crippen molar-refractivity contribution in [1.82, 2.24) is 4.72 Å². The molecule has 0 fully saturated rings. The highest BCUT2D eigenvalue weighted by Gasteiger charge is 2.19. The summed E-state index contributed by atoms with van der Waals surface area (Å²) in [5, 5.41) is 0.334. The molecule has 0 aliphatic carbocycles. The van der Waals surface area contributed by atoms with Crippen molar-refractivity contribution in [2.75, 3.05) is 5.73 Å². The zero-order valence-electron chi connectivity index (χ0n) is 11.8. The minimum absolute atomic E-state index is 0.100. The van der Waals surface area contributed by atoms with E-state index < -0.39 is 10.0 Å². The second kappa shape index (κ2) is 6.05. The van der Waals surface area contributed by atoms with Crippen LogP contribution in [0.2, 0.25) is 5.02 Å². The second-order valence-electron chi connectivity index (χ2n) is 4.94. The topological polar surface area (TPSA) is 72.2 Å². The fourth-order valence-corrected chi connectivity index (χ4v) is 3.30. The molecule has 2 aromatic carbocycles. The van der Waals surface area contributed by atoms with Gasteiger partial charge in [-0.3, -0.25) is 0 Å². The van der Waals surface area contributed by atoms with Gasteiger partial charge in [-0.15, -0.1) is 0 Å². The SMILES string of the molecule is Cc1ccc(C(C)NS(=O)(=O)c2ccc(Cl)c(N)c2)cc1. The van der Waals surface area contributed by atoms with Gasteiger partial charge in [0.05, 0.1) is 15.6 Å². The van der Waals surface area contributed by atoms with Crippen molar-refractivity contribution in [2.24, 2.45) is 0 Å². The molecule has 0 aliphatic heterocycles. The summed E-state index contributed by atoms with van der Waals surface area (Å²) >= 11 is 5.81. The van der Waals surface area contributed by atoms with Crippen molar-refractivity contribution in [3.8, 4) is 0 Å². The summed E-state index contributed by atoms with van der Waals surface area (Å²) in [6, 6.07) is 11.6. The Morgan fingerprint density at radius 1 is 1.14 bits per heavy atom. The molecule has 1 unspecified atom stereocenters. The zero-order valence-corrected chi connectivity index (χ0v) is 13.4. The third-order valence-electron chi connectivity index (χ3n) is 3.19. The van der Waals surface area contributed by atoms with Crippen LogP contribution in [0.15, 0.2) is 47.4 Å². The lowest BCUT2D eigenvalue weighted by Gasteiger charge is -2.15. The van der Waals surface area contributed by atoms with E-state index in [4.69, 9.17) is 17.3 Å². The van der Waals surface area contributed by atoms with E-state index in [0.29, 0.717) is 5.02 Å². The van der Waals surface area contributed by atoms with Crippen LogP contribution in [-0.2, 0) is 10.0 Å². The number of nitrogens with two attached hydrogens (primary N) is 1. The van der Waals surface area contributed by atoms with Gasteiger partial charge in [-0.05, 0) is 37.6 Å². The van der Waals surface area contributed by atoms with Crippen molar-refractivity contribution in [3.05, 3.63) is 58.6 Å². The van der Waals surface area contributed by atoms with Crippen LogP contribution in [0.3, 0.4) is 0 Å². The second-order valence-corrected chi connectivity index (χ2v) is 7.06. The van der Waals surface area contributed by atoms with Gasteiger partial charge in [0, 0.05) is 6.04 Å². The molecule has 0 radical (unpaired) electrons. The Morgan fingerprint density at radius 2 is 1.76 bits per heavy atom. The van der Waals surface area contributed by atoms with E-state index >= 15 is 0 Å². The maximum absolute atomic E-state index is 12.3. The van der Waals surface area contributed by atoms with Gasteiger partial charge >= 0.3 is 0 Å². The van der Waals surface area contributed by atoms with Crippen molar-refractivity contribution in [3.63, 3.8) is 0 Å². The zero-order chi connectivity index (χ0) is 15.6. The number of aryl methyl sites for hydroxylation is 1. The molecule has 0 heterocycles. The van der Waals surface area contributed by atoms with Crippen LogP contribution in [0.25, 0.3) is 0 Å². The lowest BCUT2D eigenvalue weighted by Crippen LogP contribution is -2.27. The van der Waals surface area contributed by atoms with Crippen LogP contribution in [-0.4, -0.2) is 8.42 Å². The molecule has 2 rings (SSSR count). The van der Waals surface area contributed by atoms with Gasteiger partial charge in [0.15, 0.2) is 0 Å². The minimum Gasteiger partial charge on any atom is -0.397 e. The third-order valence-corrected chi connectivity index (χ3v) is 5.07. The first kappa shape index (κ1) is 15.8. The molecule has 2 aromatic rings. The molecule has 0 saturated carbocycles. The largest absolute Gasteiger partial charge is 0.397 e. The van der Waals surface area contributed by atoms with E-state index in [9.17, 15) is 8.42 Å². The fourth-order valence-electron chi connectivity index (χ4n) is 1.91. The Morgan fingerprint density at radius 3 is 2.33 bits per heavy atom. The molecule has 0 saturated heterocycles. The van der Waals surface area contributed by atoms with E-state index in [0.717, 1.165) is 11.1 Å². The molecule has 0 amide bonds. The van der Waals surface area contributed by atoms with E-state index in [1.807, 2.05) is 31.2 Å². The first-order valence-corrected chi connectivity index (χ1v) is 8.29. The lowest BCUT2D eigenvalue weighted by atomic mass is 10.1. The number of hydrogen-bond donors (Lipinski definition) is 2. The highest BCUT2D eigenvalue weighted by molar-refractivity contribution is 7.89. The summed E-state index contributed by atoms with van der Waals surface area (Å²) in [6.07, 6.45) is 0. The van der Waals surface area contributed by atoms with Crippen molar-refractivity contribution >= 4 is 27.3 Å². The molecule has 1 atom stereocenters. The normalized spacial score (nSPS) is 13.1. The maximum Gasteiger partial charge on any atom is 0.241 e. The van der Waals surface area contributed by atoms with Crippen LogP contribution in [0.4, 0.5) is 5.69 Å². The predicted molar refractivity (Wildman–Crippen MR) is 85.8 cm³/mol. The fraction of sp³-hybridized carbons (Fsp3) is 0.200. The van der Waals surface area contributed by atoms with Crippen molar-refractivity contribution in [2.45, 2.75) is 24.8 Å². The van der Waals surface area contributed by atoms with E-state index in [1.165, 1.54) is 18.2 Å². The molecular formula is C15H17ClN2O2S. The van der Waals surface area contributed by atoms with Gasteiger partial charge < -0.3 is 5.73 Å². The predicted octanol–water partition coefficient (Wildman–Crippen LogP) is 3.27. The molecule has 0 spiro atoms. The number of rotatable bonds is 4. The first-order valence-electron chi connectivity index (χ1n) is 6.43.